The molecule has 0 saturated carbocycles. The van der Waals surface area contributed by atoms with Crippen LogP contribution < -0.4 is 15.2 Å². The summed E-state index contributed by atoms with van der Waals surface area (Å²) in [6, 6.07) is 7.85. The fourth-order valence-corrected chi connectivity index (χ4v) is 4.39. The smallest absolute Gasteiger partial charge is 0.172 e. The van der Waals surface area contributed by atoms with Gasteiger partial charge in [-0.15, -0.1) is 11.3 Å². The van der Waals surface area contributed by atoms with E-state index in [2.05, 4.69) is 0 Å². The van der Waals surface area contributed by atoms with E-state index >= 15 is 0 Å². The van der Waals surface area contributed by atoms with Crippen molar-refractivity contribution in [1.29, 1.82) is 0 Å². The van der Waals surface area contributed by atoms with E-state index < -0.39 is 5.54 Å². The zero-order valence-electron chi connectivity index (χ0n) is 17.9. The fraction of sp³-hybridized carbons (Fsp3) is 0.522. The van der Waals surface area contributed by atoms with Crippen molar-refractivity contribution >= 4 is 17.1 Å². The molecule has 1 atom stereocenters. The van der Waals surface area contributed by atoms with E-state index in [0.29, 0.717) is 24.3 Å². The predicted molar refractivity (Wildman–Crippen MR) is 118 cm³/mol. The number of aryl methyl sites for hydroxylation is 3. The average molecular weight is 420 g/mol. The molecule has 3 N–H and O–H groups in total. The summed E-state index contributed by atoms with van der Waals surface area (Å²) in [5.74, 6) is 1.60. The van der Waals surface area contributed by atoms with Crippen LogP contribution in [0.5, 0.6) is 11.5 Å². The zero-order valence-corrected chi connectivity index (χ0v) is 18.7. The van der Waals surface area contributed by atoms with Gasteiger partial charge in [-0.25, -0.2) is 0 Å². The summed E-state index contributed by atoms with van der Waals surface area (Å²) in [5.41, 5.74) is 7.91. The minimum absolute atomic E-state index is 0.0180. The highest BCUT2D eigenvalue weighted by Crippen LogP contribution is 2.29. The number of ketones is 1. The first-order chi connectivity index (χ1) is 13.9. The summed E-state index contributed by atoms with van der Waals surface area (Å²) in [5, 5.41) is 9.49. The van der Waals surface area contributed by atoms with Crippen LogP contribution in [0.15, 0.2) is 24.3 Å². The molecule has 0 radical (unpaired) electrons. The van der Waals surface area contributed by atoms with Crippen LogP contribution in [0.3, 0.4) is 0 Å². The van der Waals surface area contributed by atoms with Crippen LogP contribution in [0.25, 0.3) is 0 Å². The van der Waals surface area contributed by atoms with Gasteiger partial charge >= 0.3 is 0 Å². The van der Waals surface area contributed by atoms with Crippen LogP contribution in [0, 0.1) is 6.92 Å². The third-order valence-corrected chi connectivity index (χ3v) is 6.82. The Kier molecular flexibility index (Phi) is 8.68. The summed E-state index contributed by atoms with van der Waals surface area (Å²) in [6.45, 7) is 4.01. The van der Waals surface area contributed by atoms with Gasteiger partial charge in [-0.1, -0.05) is 13.0 Å². The Morgan fingerprint density at radius 3 is 2.52 bits per heavy atom. The van der Waals surface area contributed by atoms with Crippen LogP contribution in [0.2, 0.25) is 0 Å². The maximum absolute atomic E-state index is 12.6. The average Bonchev–Trinajstić information content (AvgIpc) is 3.12. The normalized spacial score (nSPS) is 13.2. The molecule has 0 aliphatic carbocycles. The first-order valence-corrected chi connectivity index (χ1v) is 10.9. The van der Waals surface area contributed by atoms with Gasteiger partial charge < -0.3 is 20.3 Å². The van der Waals surface area contributed by atoms with Crippen LogP contribution in [-0.4, -0.2) is 37.3 Å². The minimum atomic E-state index is -0.542. The molecule has 5 nitrogen and oxygen atoms in total. The van der Waals surface area contributed by atoms with Gasteiger partial charge in [-0.3, -0.25) is 4.79 Å². The lowest BCUT2D eigenvalue weighted by Gasteiger charge is -2.25. The van der Waals surface area contributed by atoms with Crippen molar-refractivity contribution in [3.63, 3.8) is 0 Å². The van der Waals surface area contributed by atoms with E-state index in [-0.39, 0.29) is 12.4 Å². The summed E-state index contributed by atoms with van der Waals surface area (Å²) in [6.07, 6.45) is 4.35. The lowest BCUT2D eigenvalue weighted by Crippen LogP contribution is -2.43. The number of carbonyl (C=O) groups excluding carboxylic acids is 1. The van der Waals surface area contributed by atoms with Crippen molar-refractivity contribution in [3.8, 4) is 11.5 Å². The summed E-state index contributed by atoms with van der Waals surface area (Å²) in [7, 11) is 3.24. The lowest BCUT2D eigenvalue weighted by atomic mass is 9.92. The fourth-order valence-electron chi connectivity index (χ4n) is 3.25. The molecular formula is C23H33NO4S. The lowest BCUT2D eigenvalue weighted by molar-refractivity contribution is 0.0984. The van der Waals surface area contributed by atoms with Gasteiger partial charge in [0.1, 0.15) is 0 Å². The van der Waals surface area contributed by atoms with Crippen molar-refractivity contribution in [3.05, 3.63) is 45.1 Å². The molecule has 0 amide bonds. The number of aliphatic hydroxyl groups is 1. The molecule has 1 aromatic carbocycles. The van der Waals surface area contributed by atoms with E-state index in [1.165, 1.54) is 4.88 Å². The number of hydrogen-bond donors (Lipinski definition) is 2. The number of methoxy groups -OCH3 is 2. The Hall–Kier alpha value is -1.89. The van der Waals surface area contributed by atoms with E-state index in [1.807, 2.05) is 38.1 Å². The van der Waals surface area contributed by atoms with Crippen LogP contribution >= 0.6 is 11.3 Å². The number of aliphatic hydroxyl groups excluding tert-OH is 1. The number of nitrogens with two attached hydrogens (primary N) is 1. The molecule has 0 aliphatic heterocycles. The monoisotopic (exact) mass is 419 g/mol. The molecule has 1 aromatic heterocycles. The van der Waals surface area contributed by atoms with E-state index in [1.54, 1.807) is 25.6 Å². The number of hydrogen-bond acceptors (Lipinski definition) is 6. The molecule has 0 saturated heterocycles. The molecule has 6 heteroatoms. The third-order valence-electron chi connectivity index (χ3n) is 5.48. The maximum atomic E-state index is 12.6. The summed E-state index contributed by atoms with van der Waals surface area (Å²) < 4.78 is 10.6. The van der Waals surface area contributed by atoms with Crippen LogP contribution in [0.1, 0.15) is 58.3 Å². The number of benzene rings is 1. The minimum Gasteiger partial charge on any atom is -0.493 e. The largest absolute Gasteiger partial charge is 0.493 e. The highest BCUT2D eigenvalue weighted by Gasteiger charge is 2.22. The van der Waals surface area contributed by atoms with Gasteiger partial charge in [0.05, 0.1) is 25.7 Å². The van der Waals surface area contributed by atoms with Gasteiger partial charge in [0.15, 0.2) is 17.3 Å². The van der Waals surface area contributed by atoms with Gasteiger partial charge in [-0.2, -0.15) is 0 Å². The summed E-state index contributed by atoms with van der Waals surface area (Å²) >= 11 is 1.56. The molecule has 29 heavy (non-hydrogen) atoms. The first kappa shape index (κ1) is 23.4. The molecular weight excluding hydrogens is 386 g/mol. The standard InChI is InChI=1S/C23H33NO4S/c1-5-23(24,15-25)12-11-21-16(2)13-22(29-21)18(26)8-6-7-17-9-10-19(27-3)20(14-17)28-4/h9-10,13-14,25H,5-8,11-12,15,24H2,1-4H3/t23-/m1/s1. The SMILES string of the molecule is CC[C@](N)(CO)CCc1sc(C(=O)CCCc2ccc(OC)c(OC)c2)cc1C. The Balaban J connectivity index is 1.91. The second kappa shape index (κ2) is 10.8. The van der Waals surface area contributed by atoms with Gasteiger partial charge in [0, 0.05) is 16.8 Å². The summed E-state index contributed by atoms with van der Waals surface area (Å²) in [4.78, 5) is 14.6. The number of carbonyl (C=O) groups is 1. The third kappa shape index (κ3) is 6.29. The molecule has 1 heterocycles. The Bertz CT molecular complexity index is 811. The quantitative estimate of drug-likeness (QED) is 0.501. The van der Waals surface area contributed by atoms with E-state index in [0.717, 1.165) is 41.7 Å². The van der Waals surface area contributed by atoms with E-state index in [9.17, 15) is 9.90 Å². The Morgan fingerprint density at radius 2 is 1.90 bits per heavy atom. The number of Topliss-reactive ketones (excluding diaryl/α,β-unsaturated/α-hetero) is 1. The van der Waals surface area contributed by atoms with E-state index in [4.69, 9.17) is 15.2 Å². The number of rotatable bonds is 12. The topological polar surface area (TPSA) is 81.8 Å². The van der Waals surface area contributed by atoms with Crippen molar-refractivity contribution in [1.82, 2.24) is 0 Å². The highest BCUT2D eigenvalue weighted by molar-refractivity contribution is 7.14. The van der Waals surface area contributed by atoms with Crippen molar-refractivity contribution in [2.75, 3.05) is 20.8 Å². The van der Waals surface area contributed by atoms with Crippen molar-refractivity contribution in [2.24, 2.45) is 5.73 Å². The second-order valence-corrected chi connectivity index (χ2v) is 8.69. The van der Waals surface area contributed by atoms with Crippen LogP contribution in [-0.2, 0) is 12.8 Å². The van der Waals surface area contributed by atoms with Gasteiger partial charge in [-0.05, 0) is 68.4 Å². The molecule has 0 unspecified atom stereocenters. The van der Waals surface area contributed by atoms with Gasteiger partial charge in [0.2, 0.25) is 0 Å². The molecule has 0 bridgehead atoms. The molecule has 0 spiro atoms. The number of ether oxygens (including phenoxy) is 2. The zero-order chi connectivity index (χ0) is 21.4. The van der Waals surface area contributed by atoms with Crippen molar-refractivity contribution in [2.45, 2.75) is 57.9 Å². The van der Waals surface area contributed by atoms with Crippen LogP contribution in [0.4, 0.5) is 0 Å². The predicted octanol–water partition coefficient (Wildman–Crippen LogP) is 4.31. The Morgan fingerprint density at radius 1 is 1.17 bits per heavy atom. The molecule has 0 fully saturated rings. The number of thiophene rings is 1. The molecule has 0 aliphatic rings. The second-order valence-electron chi connectivity index (χ2n) is 7.56. The molecule has 2 aromatic rings. The maximum Gasteiger partial charge on any atom is 0.172 e. The van der Waals surface area contributed by atoms with Crippen molar-refractivity contribution < 1.29 is 19.4 Å². The first-order valence-electron chi connectivity index (χ1n) is 10.1. The Labute approximate surface area is 177 Å². The molecule has 160 valence electrons. The van der Waals surface area contributed by atoms with Gasteiger partial charge in [0.25, 0.3) is 0 Å². The highest BCUT2D eigenvalue weighted by atomic mass is 32.1. The molecule has 2 rings (SSSR count).